The first-order valence-corrected chi connectivity index (χ1v) is 12.3. The van der Waals surface area contributed by atoms with Crippen molar-refractivity contribution in [3.05, 3.63) is 30.1 Å². The number of hydrogen-bond acceptors (Lipinski definition) is 6. The fraction of sp³-hybridized carbons (Fsp3) is 0.625. The quantitative estimate of drug-likeness (QED) is 0.747. The minimum atomic E-state index is -0.384. The minimum Gasteiger partial charge on any atom is -0.365 e. The summed E-state index contributed by atoms with van der Waals surface area (Å²) >= 11 is 0. The number of ether oxygens (including phenoxy) is 1. The van der Waals surface area contributed by atoms with Crippen molar-refractivity contribution < 1.29 is 14.3 Å². The molecule has 0 spiro atoms. The van der Waals surface area contributed by atoms with Crippen LogP contribution in [0.3, 0.4) is 0 Å². The first-order valence-electron chi connectivity index (χ1n) is 12.3. The summed E-state index contributed by atoms with van der Waals surface area (Å²) in [5.74, 6) is 0.588. The van der Waals surface area contributed by atoms with Crippen molar-refractivity contribution in [1.82, 2.24) is 24.7 Å². The minimum absolute atomic E-state index is 0.231. The summed E-state index contributed by atoms with van der Waals surface area (Å²) in [6, 6.07) is 3.81. The molecule has 178 valence electrons. The van der Waals surface area contributed by atoms with E-state index in [1.807, 2.05) is 6.20 Å². The monoisotopic (exact) mass is 454 g/mol. The van der Waals surface area contributed by atoms with E-state index in [9.17, 15) is 9.59 Å². The molecule has 9 heteroatoms. The normalized spacial score (nSPS) is 22.4. The van der Waals surface area contributed by atoms with Crippen LogP contribution in [0.15, 0.2) is 24.5 Å². The lowest BCUT2D eigenvalue weighted by Gasteiger charge is -2.34. The first kappa shape index (κ1) is 22.3. The Morgan fingerprint density at radius 3 is 2.76 bits per heavy atom. The number of rotatable bonds is 5. The Labute approximate surface area is 194 Å². The van der Waals surface area contributed by atoms with Gasteiger partial charge in [0.1, 0.15) is 0 Å². The lowest BCUT2D eigenvalue weighted by atomic mass is 9.89. The number of pyridine rings is 1. The number of hydrogen-bond donors (Lipinski definition) is 1. The lowest BCUT2D eigenvalue weighted by Crippen LogP contribution is -2.49. The molecule has 2 aliphatic heterocycles. The molecule has 2 aromatic rings. The van der Waals surface area contributed by atoms with Crippen LogP contribution >= 0.6 is 0 Å². The second-order valence-electron chi connectivity index (χ2n) is 9.54. The Bertz CT molecular complexity index is 986. The van der Waals surface area contributed by atoms with Gasteiger partial charge in [0.05, 0.1) is 30.7 Å². The van der Waals surface area contributed by atoms with Crippen LogP contribution in [0.5, 0.6) is 0 Å². The van der Waals surface area contributed by atoms with Crippen LogP contribution < -0.4 is 10.2 Å². The molecule has 9 nitrogen and oxygen atoms in total. The molecule has 1 saturated carbocycles. The van der Waals surface area contributed by atoms with Gasteiger partial charge in [0.15, 0.2) is 0 Å². The topological polar surface area (TPSA) is 82.4 Å². The number of fused-ring (bicyclic) bond motifs is 1. The summed E-state index contributed by atoms with van der Waals surface area (Å²) in [6.45, 7) is 6.79. The van der Waals surface area contributed by atoms with Crippen LogP contribution in [-0.2, 0) is 16.1 Å². The van der Waals surface area contributed by atoms with E-state index in [1.54, 1.807) is 15.6 Å². The van der Waals surface area contributed by atoms with E-state index in [4.69, 9.17) is 4.74 Å². The SMILES string of the molecule is O=C1CCN(c2cnn3ccc(CN4CCOCN(CC5CCCCC5)CC4)cc23)C(=O)N1. The molecule has 3 fully saturated rings. The van der Waals surface area contributed by atoms with E-state index in [0.717, 1.165) is 63.2 Å². The van der Waals surface area contributed by atoms with Crippen LogP contribution in [-0.4, -0.2) is 77.4 Å². The molecule has 2 saturated heterocycles. The number of aromatic nitrogens is 2. The van der Waals surface area contributed by atoms with Gasteiger partial charge in [-0.2, -0.15) is 5.10 Å². The van der Waals surface area contributed by atoms with E-state index < -0.39 is 0 Å². The molecule has 1 N–H and O–H groups in total. The van der Waals surface area contributed by atoms with E-state index in [1.165, 1.54) is 37.7 Å². The maximum Gasteiger partial charge on any atom is 0.328 e. The van der Waals surface area contributed by atoms with Gasteiger partial charge in [-0.05, 0) is 36.5 Å². The summed E-state index contributed by atoms with van der Waals surface area (Å²) in [4.78, 5) is 30.4. The Morgan fingerprint density at radius 2 is 1.91 bits per heavy atom. The third-order valence-corrected chi connectivity index (χ3v) is 7.12. The molecule has 5 rings (SSSR count). The van der Waals surface area contributed by atoms with Gasteiger partial charge in [-0.15, -0.1) is 0 Å². The summed E-state index contributed by atoms with van der Waals surface area (Å²) in [7, 11) is 0. The van der Waals surface area contributed by atoms with Crippen LogP contribution in [0, 0.1) is 5.92 Å². The first-order chi connectivity index (χ1) is 16.2. The van der Waals surface area contributed by atoms with Gasteiger partial charge >= 0.3 is 6.03 Å². The highest BCUT2D eigenvalue weighted by molar-refractivity contribution is 6.07. The van der Waals surface area contributed by atoms with Crippen molar-refractivity contribution in [2.24, 2.45) is 5.92 Å². The maximum absolute atomic E-state index is 12.3. The Morgan fingerprint density at radius 1 is 1.06 bits per heavy atom. The van der Waals surface area contributed by atoms with E-state index in [2.05, 4.69) is 32.3 Å². The van der Waals surface area contributed by atoms with Gasteiger partial charge in [0, 0.05) is 51.9 Å². The number of imide groups is 1. The smallest absolute Gasteiger partial charge is 0.328 e. The summed E-state index contributed by atoms with van der Waals surface area (Å²) in [6.07, 6.45) is 10.8. The zero-order valence-electron chi connectivity index (χ0n) is 19.2. The van der Waals surface area contributed by atoms with Crippen LogP contribution in [0.25, 0.3) is 5.52 Å². The molecule has 2 aromatic heterocycles. The zero-order chi connectivity index (χ0) is 22.6. The highest BCUT2D eigenvalue weighted by atomic mass is 16.5. The third-order valence-electron chi connectivity index (χ3n) is 7.12. The van der Waals surface area contributed by atoms with Gasteiger partial charge in [0.25, 0.3) is 0 Å². The maximum atomic E-state index is 12.3. The molecular weight excluding hydrogens is 420 g/mol. The summed E-state index contributed by atoms with van der Waals surface area (Å²) in [5, 5.41) is 6.79. The number of anilines is 1. The molecule has 1 aliphatic carbocycles. The van der Waals surface area contributed by atoms with Crippen LogP contribution in [0.2, 0.25) is 0 Å². The molecule has 4 heterocycles. The molecule has 0 unspecified atom stereocenters. The predicted octanol–water partition coefficient (Wildman–Crippen LogP) is 2.45. The van der Waals surface area contributed by atoms with Crippen molar-refractivity contribution in [1.29, 1.82) is 0 Å². The number of carbonyl (C=O) groups excluding carboxylic acids is 2. The van der Waals surface area contributed by atoms with Crippen molar-refractivity contribution in [2.75, 3.05) is 51.0 Å². The number of amides is 3. The largest absolute Gasteiger partial charge is 0.365 e. The number of urea groups is 1. The van der Waals surface area contributed by atoms with E-state index >= 15 is 0 Å². The van der Waals surface area contributed by atoms with Crippen molar-refractivity contribution >= 4 is 23.1 Å². The van der Waals surface area contributed by atoms with Gasteiger partial charge < -0.3 is 4.74 Å². The fourth-order valence-corrected chi connectivity index (χ4v) is 5.25. The van der Waals surface area contributed by atoms with Gasteiger partial charge in [-0.3, -0.25) is 24.8 Å². The molecular formula is C24H34N6O3. The summed E-state index contributed by atoms with van der Waals surface area (Å²) in [5.41, 5.74) is 2.79. The molecule has 0 atom stereocenters. The Balaban J connectivity index is 1.24. The number of nitrogens with zero attached hydrogens (tertiary/aromatic N) is 5. The second-order valence-corrected chi connectivity index (χ2v) is 9.54. The van der Waals surface area contributed by atoms with Crippen molar-refractivity contribution in [3.63, 3.8) is 0 Å². The third kappa shape index (κ3) is 5.37. The molecule has 0 aromatic carbocycles. The van der Waals surface area contributed by atoms with E-state index in [-0.39, 0.29) is 11.9 Å². The fourth-order valence-electron chi connectivity index (χ4n) is 5.25. The molecule has 33 heavy (non-hydrogen) atoms. The highest BCUT2D eigenvalue weighted by Gasteiger charge is 2.27. The van der Waals surface area contributed by atoms with Crippen molar-refractivity contribution in [2.45, 2.75) is 45.1 Å². The standard InChI is InChI=1S/C24H34N6O3/c31-23-7-8-29(24(32)26-23)22-15-25-30-9-6-20(14-21(22)30)17-27-10-11-28(18-33-13-12-27)16-19-4-2-1-3-5-19/h6,9,14-15,19H,1-5,7-8,10-13,16-18H2,(H,26,31,32). The van der Waals surface area contributed by atoms with Crippen LogP contribution in [0.1, 0.15) is 44.1 Å². The molecule has 3 amide bonds. The van der Waals surface area contributed by atoms with Gasteiger partial charge in [-0.1, -0.05) is 19.3 Å². The number of carbonyl (C=O) groups is 2. The number of nitrogens with one attached hydrogen (secondary N) is 1. The average Bonchev–Trinajstić information content (AvgIpc) is 3.21. The van der Waals surface area contributed by atoms with Gasteiger partial charge in [0.2, 0.25) is 5.91 Å². The lowest BCUT2D eigenvalue weighted by molar-refractivity contribution is -0.120. The Hall–Kier alpha value is -2.49. The molecule has 3 aliphatic rings. The van der Waals surface area contributed by atoms with E-state index in [0.29, 0.717) is 13.0 Å². The molecule has 0 bridgehead atoms. The highest BCUT2D eigenvalue weighted by Crippen LogP contribution is 2.26. The van der Waals surface area contributed by atoms with Gasteiger partial charge in [-0.25, -0.2) is 9.31 Å². The predicted molar refractivity (Wildman–Crippen MR) is 125 cm³/mol. The van der Waals surface area contributed by atoms with Crippen molar-refractivity contribution in [3.8, 4) is 0 Å². The van der Waals surface area contributed by atoms with Crippen LogP contribution in [0.4, 0.5) is 10.5 Å². The average molecular weight is 455 g/mol. The Kier molecular flexibility index (Phi) is 6.89. The molecule has 0 radical (unpaired) electrons. The zero-order valence-corrected chi connectivity index (χ0v) is 19.2. The summed E-state index contributed by atoms with van der Waals surface area (Å²) < 4.78 is 7.75. The second kappa shape index (κ2) is 10.2.